The third kappa shape index (κ3) is 2.64. The maximum atomic E-state index is 12.0. The third-order valence-corrected chi connectivity index (χ3v) is 3.65. The van der Waals surface area contributed by atoms with E-state index < -0.39 is 0 Å². The van der Waals surface area contributed by atoms with Crippen LogP contribution in [-0.2, 0) is 16.1 Å². The van der Waals surface area contributed by atoms with Gasteiger partial charge in [0, 0.05) is 18.8 Å². The lowest BCUT2D eigenvalue weighted by molar-refractivity contribution is -0.126. The molecule has 0 aliphatic carbocycles. The molecule has 1 aromatic carbocycles. The van der Waals surface area contributed by atoms with E-state index in [2.05, 4.69) is 5.32 Å². The molecule has 1 aromatic rings. The number of ether oxygens (including phenoxy) is 1. The molecule has 2 rings (SSSR count). The molecular formula is C14H20N2O2. The van der Waals surface area contributed by atoms with Crippen LogP contribution in [0.5, 0.6) is 0 Å². The van der Waals surface area contributed by atoms with Crippen LogP contribution in [0.25, 0.3) is 0 Å². The predicted molar refractivity (Wildman–Crippen MR) is 71.0 cm³/mol. The van der Waals surface area contributed by atoms with E-state index >= 15 is 0 Å². The van der Waals surface area contributed by atoms with E-state index in [0.29, 0.717) is 13.2 Å². The van der Waals surface area contributed by atoms with Crippen molar-refractivity contribution in [2.45, 2.75) is 32.9 Å². The lowest BCUT2D eigenvalue weighted by Gasteiger charge is -2.15. The van der Waals surface area contributed by atoms with Gasteiger partial charge < -0.3 is 15.8 Å². The molecule has 1 aliphatic rings. The molecule has 2 unspecified atom stereocenters. The van der Waals surface area contributed by atoms with Crippen molar-refractivity contribution in [3.63, 3.8) is 0 Å². The SMILES string of the molecule is Cc1c(N)cccc1CNC(=O)C1CCOC1C. The Balaban J connectivity index is 1.95. The summed E-state index contributed by atoms with van der Waals surface area (Å²) in [5.74, 6) is 0.0492. The second-order valence-corrected chi connectivity index (χ2v) is 4.82. The van der Waals surface area contributed by atoms with E-state index in [9.17, 15) is 4.79 Å². The fourth-order valence-corrected chi connectivity index (χ4v) is 2.28. The van der Waals surface area contributed by atoms with Crippen LogP contribution in [0.2, 0.25) is 0 Å². The Hall–Kier alpha value is -1.55. The van der Waals surface area contributed by atoms with Crippen LogP contribution in [0.4, 0.5) is 5.69 Å². The molecule has 2 atom stereocenters. The highest BCUT2D eigenvalue weighted by Crippen LogP contribution is 2.21. The van der Waals surface area contributed by atoms with Crippen LogP contribution in [0.1, 0.15) is 24.5 Å². The number of benzene rings is 1. The maximum Gasteiger partial charge on any atom is 0.226 e. The van der Waals surface area contributed by atoms with Crippen molar-refractivity contribution in [3.05, 3.63) is 29.3 Å². The Morgan fingerprint density at radius 2 is 2.33 bits per heavy atom. The van der Waals surface area contributed by atoms with Gasteiger partial charge in [0.15, 0.2) is 0 Å². The van der Waals surface area contributed by atoms with Gasteiger partial charge in [0.2, 0.25) is 5.91 Å². The molecular weight excluding hydrogens is 228 g/mol. The number of anilines is 1. The lowest BCUT2D eigenvalue weighted by atomic mass is 10.0. The highest BCUT2D eigenvalue weighted by molar-refractivity contribution is 5.79. The second-order valence-electron chi connectivity index (χ2n) is 4.82. The molecule has 4 heteroatoms. The zero-order valence-electron chi connectivity index (χ0n) is 10.9. The van der Waals surface area contributed by atoms with Gasteiger partial charge in [-0.2, -0.15) is 0 Å². The summed E-state index contributed by atoms with van der Waals surface area (Å²) >= 11 is 0. The molecule has 0 aromatic heterocycles. The number of rotatable bonds is 3. The lowest BCUT2D eigenvalue weighted by Crippen LogP contribution is -2.33. The van der Waals surface area contributed by atoms with Crippen LogP contribution in [0.15, 0.2) is 18.2 Å². The number of nitrogens with two attached hydrogens (primary N) is 1. The fraction of sp³-hybridized carbons (Fsp3) is 0.500. The number of hydrogen-bond donors (Lipinski definition) is 2. The van der Waals surface area contributed by atoms with Crippen LogP contribution < -0.4 is 11.1 Å². The molecule has 0 bridgehead atoms. The summed E-state index contributed by atoms with van der Waals surface area (Å²) in [6, 6.07) is 5.76. The summed E-state index contributed by atoms with van der Waals surface area (Å²) in [5, 5.41) is 2.96. The molecule has 18 heavy (non-hydrogen) atoms. The van der Waals surface area contributed by atoms with Crippen molar-refractivity contribution in [2.75, 3.05) is 12.3 Å². The molecule has 1 saturated heterocycles. The van der Waals surface area contributed by atoms with Gasteiger partial charge in [0.25, 0.3) is 0 Å². The molecule has 0 spiro atoms. The second kappa shape index (κ2) is 5.40. The number of carbonyl (C=O) groups is 1. The average molecular weight is 248 g/mol. The monoisotopic (exact) mass is 248 g/mol. The molecule has 0 saturated carbocycles. The average Bonchev–Trinajstić information content (AvgIpc) is 2.77. The van der Waals surface area contributed by atoms with Crippen molar-refractivity contribution in [1.29, 1.82) is 0 Å². The zero-order valence-corrected chi connectivity index (χ0v) is 10.9. The molecule has 1 heterocycles. The molecule has 4 nitrogen and oxygen atoms in total. The maximum absolute atomic E-state index is 12.0. The molecule has 1 aliphatic heterocycles. The van der Waals surface area contributed by atoms with E-state index in [0.717, 1.165) is 23.2 Å². The van der Waals surface area contributed by atoms with Gasteiger partial charge in [-0.25, -0.2) is 0 Å². The van der Waals surface area contributed by atoms with Crippen LogP contribution >= 0.6 is 0 Å². The van der Waals surface area contributed by atoms with Gasteiger partial charge in [-0.15, -0.1) is 0 Å². The summed E-state index contributed by atoms with van der Waals surface area (Å²) in [6.45, 7) is 5.12. The van der Waals surface area contributed by atoms with Crippen molar-refractivity contribution in [1.82, 2.24) is 5.32 Å². The van der Waals surface area contributed by atoms with E-state index in [1.54, 1.807) is 0 Å². The number of carbonyl (C=O) groups excluding carboxylic acids is 1. The summed E-state index contributed by atoms with van der Waals surface area (Å²) in [7, 11) is 0. The first-order chi connectivity index (χ1) is 8.59. The van der Waals surface area contributed by atoms with Gasteiger partial charge in [0.05, 0.1) is 12.0 Å². The van der Waals surface area contributed by atoms with Crippen LogP contribution in [0, 0.1) is 12.8 Å². The van der Waals surface area contributed by atoms with Crippen LogP contribution in [-0.4, -0.2) is 18.6 Å². The molecule has 3 N–H and O–H groups in total. The highest BCUT2D eigenvalue weighted by atomic mass is 16.5. The van der Waals surface area contributed by atoms with Crippen molar-refractivity contribution in [2.24, 2.45) is 5.92 Å². The first-order valence-electron chi connectivity index (χ1n) is 6.33. The van der Waals surface area contributed by atoms with Crippen molar-refractivity contribution in [3.8, 4) is 0 Å². The largest absolute Gasteiger partial charge is 0.399 e. The van der Waals surface area contributed by atoms with Crippen LogP contribution in [0.3, 0.4) is 0 Å². The topological polar surface area (TPSA) is 64.3 Å². The van der Waals surface area contributed by atoms with Crippen molar-refractivity contribution >= 4 is 11.6 Å². The Labute approximate surface area is 108 Å². The Kier molecular flexibility index (Phi) is 3.87. The van der Waals surface area contributed by atoms with Crippen molar-refractivity contribution < 1.29 is 9.53 Å². The third-order valence-electron chi connectivity index (χ3n) is 3.65. The molecule has 0 radical (unpaired) electrons. The Morgan fingerprint density at radius 1 is 1.56 bits per heavy atom. The first kappa shape index (κ1) is 12.9. The minimum atomic E-state index is -0.0219. The van der Waals surface area contributed by atoms with E-state index in [1.165, 1.54) is 0 Å². The molecule has 1 fully saturated rings. The van der Waals surface area contributed by atoms with Gasteiger partial charge in [-0.3, -0.25) is 4.79 Å². The standard InChI is InChI=1S/C14H20N2O2/c1-9-11(4-3-5-13(9)15)8-16-14(17)12-6-7-18-10(12)2/h3-5,10,12H,6-8,15H2,1-2H3,(H,16,17). The van der Waals surface area contributed by atoms with Gasteiger partial charge in [-0.05, 0) is 37.5 Å². The number of amides is 1. The summed E-state index contributed by atoms with van der Waals surface area (Å²) < 4.78 is 5.40. The van der Waals surface area contributed by atoms with E-state index in [-0.39, 0.29) is 17.9 Å². The van der Waals surface area contributed by atoms with E-state index in [4.69, 9.17) is 10.5 Å². The Bertz CT molecular complexity index is 445. The zero-order chi connectivity index (χ0) is 13.1. The van der Waals surface area contributed by atoms with E-state index in [1.807, 2.05) is 32.0 Å². The summed E-state index contributed by atoms with van der Waals surface area (Å²) in [6.07, 6.45) is 0.829. The van der Waals surface area contributed by atoms with Gasteiger partial charge in [-0.1, -0.05) is 12.1 Å². The number of nitrogen functional groups attached to an aromatic ring is 1. The fourth-order valence-electron chi connectivity index (χ4n) is 2.28. The molecule has 98 valence electrons. The van der Waals surface area contributed by atoms with Gasteiger partial charge in [0.1, 0.15) is 0 Å². The molecule has 1 amide bonds. The predicted octanol–water partition coefficient (Wildman–Crippen LogP) is 1.62. The number of hydrogen-bond acceptors (Lipinski definition) is 3. The highest BCUT2D eigenvalue weighted by Gasteiger charge is 2.30. The smallest absolute Gasteiger partial charge is 0.226 e. The minimum Gasteiger partial charge on any atom is -0.399 e. The summed E-state index contributed by atoms with van der Waals surface area (Å²) in [5.41, 5.74) is 8.70. The number of nitrogens with one attached hydrogen (secondary N) is 1. The van der Waals surface area contributed by atoms with Gasteiger partial charge >= 0.3 is 0 Å². The first-order valence-corrected chi connectivity index (χ1v) is 6.33. The summed E-state index contributed by atoms with van der Waals surface area (Å²) in [4.78, 5) is 12.0. The normalized spacial score (nSPS) is 23.0. The minimum absolute atomic E-state index is 0.0203. The quantitative estimate of drug-likeness (QED) is 0.799. The Morgan fingerprint density at radius 3 is 3.00 bits per heavy atom.